The van der Waals surface area contributed by atoms with E-state index in [1.165, 1.54) is 6.07 Å². The first-order valence-corrected chi connectivity index (χ1v) is 8.76. The molecular weight excluding hydrogens is 333 g/mol. The van der Waals surface area contributed by atoms with Gasteiger partial charge in [-0.25, -0.2) is 4.39 Å². The molecule has 0 aliphatic heterocycles. The van der Waals surface area contributed by atoms with Crippen molar-refractivity contribution in [2.45, 2.75) is 33.6 Å². The van der Waals surface area contributed by atoms with Gasteiger partial charge in [0.05, 0.1) is 10.7 Å². The van der Waals surface area contributed by atoms with Crippen LogP contribution < -0.4 is 0 Å². The third-order valence-corrected chi connectivity index (χ3v) is 4.23. The Kier molecular flexibility index (Phi) is 7.15. The summed E-state index contributed by atoms with van der Waals surface area (Å²) in [6.45, 7) is 5.95. The first-order valence-electron chi connectivity index (χ1n) is 8.38. The van der Waals surface area contributed by atoms with Gasteiger partial charge in [0.2, 0.25) is 0 Å². The number of aryl methyl sites for hydroxylation is 2. The summed E-state index contributed by atoms with van der Waals surface area (Å²) in [5.41, 5.74) is 5.13. The van der Waals surface area contributed by atoms with E-state index in [0.29, 0.717) is 5.02 Å². The van der Waals surface area contributed by atoms with Gasteiger partial charge in [-0.2, -0.15) is 0 Å². The second-order valence-electron chi connectivity index (χ2n) is 5.96. The fraction of sp³-hybridized carbons (Fsp3) is 0.227. The maximum atomic E-state index is 13.1. The summed E-state index contributed by atoms with van der Waals surface area (Å²) in [6, 6.07) is 10.8. The van der Waals surface area contributed by atoms with Gasteiger partial charge in [0.15, 0.2) is 0 Å². The van der Waals surface area contributed by atoms with Gasteiger partial charge in [0.1, 0.15) is 5.82 Å². The molecule has 0 N–H and O–H groups in total. The summed E-state index contributed by atoms with van der Waals surface area (Å²) in [5.74, 6) is -0.180. The summed E-state index contributed by atoms with van der Waals surface area (Å²) in [6.07, 6.45) is 9.65. The Morgan fingerprint density at radius 1 is 1.24 bits per heavy atom. The van der Waals surface area contributed by atoms with E-state index in [4.69, 9.17) is 11.6 Å². The second kappa shape index (κ2) is 9.33. The van der Waals surface area contributed by atoms with Gasteiger partial charge in [0.25, 0.3) is 0 Å². The number of benzene rings is 2. The Bertz CT molecular complexity index is 796. The number of aliphatic imine (C=N–C) groups is 1. The minimum atomic E-state index is -0.180. The highest BCUT2D eigenvalue weighted by atomic mass is 35.5. The van der Waals surface area contributed by atoms with Crippen molar-refractivity contribution in [1.82, 2.24) is 0 Å². The fourth-order valence-electron chi connectivity index (χ4n) is 2.60. The minimum absolute atomic E-state index is 0.180. The van der Waals surface area contributed by atoms with Crippen LogP contribution in [0.5, 0.6) is 0 Å². The van der Waals surface area contributed by atoms with Gasteiger partial charge in [-0.1, -0.05) is 42.0 Å². The van der Waals surface area contributed by atoms with Gasteiger partial charge in [-0.05, 0) is 80.1 Å². The van der Waals surface area contributed by atoms with Crippen molar-refractivity contribution in [2.75, 3.05) is 0 Å². The molecule has 0 bridgehead atoms. The van der Waals surface area contributed by atoms with Gasteiger partial charge in [0, 0.05) is 6.21 Å². The van der Waals surface area contributed by atoms with E-state index in [2.05, 4.69) is 30.1 Å². The number of hydrogen-bond donors (Lipinski definition) is 0. The lowest BCUT2D eigenvalue weighted by atomic mass is 10.0. The first kappa shape index (κ1) is 19.1. The maximum Gasteiger partial charge on any atom is 0.123 e. The molecule has 0 spiro atoms. The van der Waals surface area contributed by atoms with Gasteiger partial charge in [-0.15, -0.1) is 0 Å². The lowest BCUT2D eigenvalue weighted by Gasteiger charge is -2.08. The number of hydrogen-bond acceptors (Lipinski definition) is 1. The van der Waals surface area contributed by atoms with E-state index in [1.807, 2.05) is 32.1 Å². The molecule has 0 heterocycles. The topological polar surface area (TPSA) is 12.4 Å². The summed E-state index contributed by atoms with van der Waals surface area (Å²) in [5, 5.41) is 0.663. The van der Waals surface area contributed by atoms with Gasteiger partial charge >= 0.3 is 0 Å². The van der Waals surface area contributed by atoms with Crippen LogP contribution in [0.25, 0.3) is 5.57 Å². The molecule has 130 valence electrons. The predicted molar refractivity (Wildman–Crippen MR) is 108 cm³/mol. The summed E-state index contributed by atoms with van der Waals surface area (Å²) in [4.78, 5) is 4.31. The molecule has 0 atom stereocenters. The van der Waals surface area contributed by atoms with Crippen LogP contribution in [0.2, 0.25) is 5.02 Å². The molecule has 0 aromatic heterocycles. The molecule has 2 rings (SSSR count). The van der Waals surface area contributed by atoms with Crippen LogP contribution in [0, 0.1) is 12.7 Å². The summed E-state index contributed by atoms with van der Waals surface area (Å²) < 4.78 is 13.1. The van der Waals surface area contributed by atoms with Gasteiger partial charge < -0.3 is 0 Å². The average molecular weight is 356 g/mol. The number of rotatable bonds is 6. The molecule has 0 aliphatic carbocycles. The molecule has 0 radical (unpaired) electrons. The van der Waals surface area contributed by atoms with E-state index in [0.717, 1.165) is 40.8 Å². The van der Waals surface area contributed by atoms with Crippen molar-refractivity contribution >= 4 is 29.1 Å². The van der Waals surface area contributed by atoms with Crippen molar-refractivity contribution in [3.63, 3.8) is 0 Å². The highest BCUT2D eigenvalue weighted by molar-refractivity contribution is 6.33. The third kappa shape index (κ3) is 5.68. The van der Waals surface area contributed by atoms with Crippen LogP contribution in [0.4, 0.5) is 10.1 Å². The van der Waals surface area contributed by atoms with Gasteiger partial charge in [-0.3, -0.25) is 4.99 Å². The number of halogens is 2. The SMILES string of the molecule is CC=Nc1c(C)cc(/C(C)=C/C=C\CCc2cccc(F)c2)cc1Cl. The monoisotopic (exact) mass is 355 g/mol. The molecule has 0 saturated carbocycles. The van der Waals surface area contributed by atoms with E-state index in [9.17, 15) is 4.39 Å². The molecule has 3 heteroatoms. The Balaban J connectivity index is 2.01. The molecule has 0 fully saturated rings. The van der Waals surface area contributed by atoms with Crippen molar-refractivity contribution < 1.29 is 4.39 Å². The Labute approximate surface area is 154 Å². The molecular formula is C22H23ClFN. The van der Waals surface area contributed by atoms with Crippen LogP contribution in [0.15, 0.2) is 59.6 Å². The normalized spacial score (nSPS) is 12.4. The van der Waals surface area contributed by atoms with Crippen molar-refractivity contribution in [1.29, 1.82) is 0 Å². The number of allylic oxidation sites excluding steroid dienone is 4. The average Bonchev–Trinajstić information content (AvgIpc) is 2.57. The molecule has 2 aromatic rings. The van der Waals surface area contributed by atoms with Crippen LogP contribution in [-0.4, -0.2) is 6.21 Å². The zero-order valence-electron chi connectivity index (χ0n) is 14.9. The fourth-order valence-corrected chi connectivity index (χ4v) is 2.92. The lowest BCUT2D eigenvalue weighted by Crippen LogP contribution is -1.85. The van der Waals surface area contributed by atoms with E-state index >= 15 is 0 Å². The molecule has 2 aromatic carbocycles. The second-order valence-corrected chi connectivity index (χ2v) is 6.36. The van der Waals surface area contributed by atoms with Crippen molar-refractivity contribution in [3.8, 4) is 0 Å². The predicted octanol–water partition coefficient (Wildman–Crippen LogP) is 7.10. The summed E-state index contributed by atoms with van der Waals surface area (Å²) >= 11 is 6.33. The third-order valence-electron chi connectivity index (χ3n) is 3.94. The zero-order valence-corrected chi connectivity index (χ0v) is 15.6. The van der Waals surface area contributed by atoms with E-state index < -0.39 is 0 Å². The lowest BCUT2D eigenvalue weighted by molar-refractivity contribution is 0.625. The molecule has 1 nitrogen and oxygen atoms in total. The quantitative estimate of drug-likeness (QED) is 0.387. The minimum Gasteiger partial charge on any atom is -0.260 e. The standard InChI is InChI=1S/C22H23ClFN/c1-4-25-22-17(3)13-19(15-21(22)23)16(2)9-6-5-7-10-18-11-8-12-20(24)14-18/h4-6,8-9,11-15H,7,10H2,1-3H3/b6-5-,16-9+,25-4?. The Hall–Kier alpha value is -2.19. The largest absolute Gasteiger partial charge is 0.260 e. The maximum absolute atomic E-state index is 13.1. The van der Waals surface area contributed by atoms with Crippen molar-refractivity contribution in [2.24, 2.45) is 4.99 Å². The molecule has 0 unspecified atom stereocenters. The Morgan fingerprint density at radius 3 is 2.72 bits per heavy atom. The van der Waals surface area contributed by atoms with E-state index in [1.54, 1.807) is 18.3 Å². The van der Waals surface area contributed by atoms with Crippen LogP contribution in [0.1, 0.15) is 37.0 Å². The van der Waals surface area contributed by atoms with E-state index in [-0.39, 0.29) is 5.82 Å². The van der Waals surface area contributed by atoms with Crippen molar-refractivity contribution in [3.05, 3.63) is 82.2 Å². The smallest absolute Gasteiger partial charge is 0.123 e. The van der Waals surface area contributed by atoms with Crippen LogP contribution in [0.3, 0.4) is 0 Å². The molecule has 0 saturated heterocycles. The molecule has 0 amide bonds. The molecule has 25 heavy (non-hydrogen) atoms. The highest BCUT2D eigenvalue weighted by Crippen LogP contribution is 2.32. The number of nitrogens with zero attached hydrogens (tertiary/aromatic N) is 1. The summed E-state index contributed by atoms with van der Waals surface area (Å²) in [7, 11) is 0. The Morgan fingerprint density at radius 2 is 2.04 bits per heavy atom. The van der Waals surface area contributed by atoms with Crippen LogP contribution >= 0.6 is 11.6 Å². The first-order chi connectivity index (χ1) is 12.0. The highest BCUT2D eigenvalue weighted by Gasteiger charge is 2.06. The zero-order chi connectivity index (χ0) is 18.2. The van der Waals surface area contributed by atoms with Crippen LogP contribution in [-0.2, 0) is 6.42 Å². The molecule has 0 aliphatic rings.